The molecule has 1 aromatic carbocycles. The summed E-state index contributed by atoms with van der Waals surface area (Å²) in [4.78, 5) is 15.3. The van der Waals surface area contributed by atoms with E-state index in [1.54, 1.807) is 12.5 Å². The molecule has 0 spiro atoms. The SMILES string of the molecule is CC1=C(c2ccc(-n3ccnc3)cc2)NNC(=O)C1. The van der Waals surface area contributed by atoms with Gasteiger partial charge in [0.05, 0.1) is 18.4 Å². The monoisotopic (exact) mass is 254 g/mol. The third kappa shape index (κ3) is 2.22. The Morgan fingerprint density at radius 3 is 2.63 bits per heavy atom. The van der Waals surface area contributed by atoms with Gasteiger partial charge >= 0.3 is 0 Å². The van der Waals surface area contributed by atoms with E-state index in [2.05, 4.69) is 15.8 Å². The van der Waals surface area contributed by atoms with E-state index in [4.69, 9.17) is 0 Å². The van der Waals surface area contributed by atoms with E-state index in [0.717, 1.165) is 22.5 Å². The van der Waals surface area contributed by atoms with Gasteiger partial charge in [-0.2, -0.15) is 0 Å². The second kappa shape index (κ2) is 4.61. The fourth-order valence-electron chi connectivity index (χ4n) is 2.14. The molecule has 1 aliphatic heterocycles. The molecule has 2 N–H and O–H groups in total. The lowest BCUT2D eigenvalue weighted by Crippen LogP contribution is -2.40. The maximum Gasteiger partial charge on any atom is 0.242 e. The van der Waals surface area contributed by atoms with E-state index < -0.39 is 0 Å². The van der Waals surface area contributed by atoms with Crippen molar-refractivity contribution in [3.8, 4) is 5.69 Å². The Balaban J connectivity index is 1.91. The molecule has 1 aliphatic rings. The number of hydrazine groups is 1. The first-order valence-corrected chi connectivity index (χ1v) is 6.07. The minimum Gasteiger partial charge on any atom is -0.306 e. The van der Waals surface area contributed by atoms with Crippen LogP contribution in [0, 0.1) is 0 Å². The van der Waals surface area contributed by atoms with Gasteiger partial charge in [0.2, 0.25) is 5.91 Å². The highest BCUT2D eigenvalue weighted by Gasteiger charge is 2.15. The normalized spacial score (nSPS) is 15.1. The van der Waals surface area contributed by atoms with Gasteiger partial charge in [-0.05, 0) is 30.2 Å². The standard InChI is InChI=1S/C14H14N4O/c1-10-8-13(19)16-17-14(10)11-2-4-12(5-3-11)18-7-6-15-9-18/h2-7,9,17H,8H2,1H3,(H,16,19). The minimum atomic E-state index is -0.00344. The number of nitrogens with zero attached hydrogens (tertiary/aromatic N) is 2. The van der Waals surface area contributed by atoms with Crippen LogP contribution in [0.25, 0.3) is 11.4 Å². The number of imidazole rings is 1. The first-order chi connectivity index (χ1) is 9.24. The van der Waals surface area contributed by atoms with E-state index in [0.29, 0.717) is 6.42 Å². The first kappa shape index (κ1) is 11.5. The topological polar surface area (TPSA) is 59.0 Å². The average Bonchev–Trinajstić information content (AvgIpc) is 2.93. The van der Waals surface area contributed by atoms with Crippen LogP contribution in [0.4, 0.5) is 0 Å². The molecule has 3 rings (SSSR count). The zero-order valence-electron chi connectivity index (χ0n) is 10.6. The molecule has 19 heavy (non-hydrogen) atoms. The lowest BCUT2D eigenvalue weighted by atomic mass is 10.0. The molecule has 1 aromatic heterocycles. The Hall–Kier alpha value is -2.56. The maximum absolute atomic E-state index is 11.2. The van der Waals surface area contributed by atoms with Crippen LogP contribution >= 0.6 is 0 Å². The van der Waals surface area contributed by atoms with Crippen LogP contribution in [0.5, 0.6) is 0 Å². The minimum absolute atomic E-state index is 0.00344. The highest BCUT2D eigenvalue weighted by molar-refractivity contribution is 5.85. The molecule has 1 amide bonds. The molecule has 5 nitrogen and oxygen atoms in total. The number of carbonyl (C=O) groups is 1. The summed E-state index contributed by atoms with van der Waals surface area (Å²) < 4.78 is 1.95. The summed E-state index contributed by atoms with van der Waals surface area (Å²) in [5.41, 5.74) is 9.71. The number of rotatable bonds is 2. The van der Waals surface area contributed by atoms with E-state index in [1.165, 1.54) is 0 Å². The molecule has 0 saturated heterocycles. The van der Waals surface area contributed by atoms with Gasteiger partial charge in [-0.15, -0.1) is 0 Å². The molecule has 2 heterocycles. The van der Waals surface area contributed by atoms with Crippen molar-refractivity contribution in [2.24, 2.45) is 0 Å². The lowest BCUT2D eigenvalue weighted by Gasteiger charge is -2.21. The molecule has 0 atom stereocenters. The highest BCUT2D eigenvalue weighted by atomic mass is 16.2. The van der Waals surface area contributed by atoms with Gasteiger partial charge < -0.3 is 4.57 Å². The molecule has 0 unspecified atom stereocenters. The van der Waals surface area contributed by atoms with Crippen molar-refractivity contribution < 1.29 is 4.79 Å². The van der Waals surface area contributed by atoms with Crippen molar-refractivity contribution in [2.75, 3.05) is 0 Å². The second-order valence-electron chi connectivity index (χ2n) is 4.52. The highest BCUT2D eigenvalue weighted by Crippen LogP contribution is 2.21. The summed E-state index contributed by atoms with van der Waals surface area (Å²) >= 11 is 0. The van der Waals surface area contributed by atoms with Crippen molar-refractivity contribution in [1.29, 1.82) is 0 Å². The number of aromatic nitrogens is 2. The number of benzene rings is 1. The van der Waals surface area contributed by atoms with E-state index in [9.17, 15) is 4.79 Å². The van der Waals surface area contributed by atoms with E-state index >= 15 is 0 Å². The maximum atomic E-state index is 11.2. The van der Waals surface area contributed by atoms with Crippen LogP contribution in [0.2, 0.25) is 0 Å². The molecule has 0 saturated carbocycles. The molecule has 0 bridgehead atoms. The summed E-state index contributed by atoms with van der Waals surface area (Å²) in [5.74, 6) is -0.00344. The van der Waals surface area contributed by atoms with Gasteiger partial charge in [-0.3, -0.25) is 15.6 Å². The number of nitrogens with one attached hydrogen (secondary N) is 2. The fraction of sp³-hybridized carbons (Fsp3) is 0.143. The quantitative estimate of drug-likeness (QED) is 0.856. The van der Waals surface area contributed by atoms with Crippen LogP contribution < -0.4 is 10.9 Å². The molecule has 96 valence electrons. The molecule has 2 aromatic rings. The third-order valence-corrected chi connectivity index (χ3v) is 3.14. The van der Waals surface area contributed by atoms with Gasteiger partial charge in [0.1, 0.15) is 0 Å². The Morgan fingerprint density at radius 1 is 1.21 bits per heavy atom. The first-order valence-electron chi connectivity index (χ1n) is 6.07. The summed E-state index contributed by atoms with van der Waals surface area (Å²) in [6, 6.07) is 8.10. The van der Waals surface area contributed by atoms with Gasteiger partial charge in [-0.1, -0.05) is 12.1 Å². The van der Waals surface area contributed by atoms with Crippen LogP contribution in [0.3, 0.4) is 0 Å². The number of amides is 1. The number of carbonyl (C=O) groups excluding carboxylic acids is 1. The van der Waals surface area contributed by atoms with Gasteiger partial charge in [0.15, 0.2) is 0 Å². The van der Waals surface area contributed by atoms with Crippen molar-refractivity contribution in [1.82, 2.24) is 20.4 Å². The van der Waals surface area contributed by atoms with Crippen molar-refractivity contribution >= 4 is 11.6 Å². The zero-order valence-corrected chi connectivity index (χ0v) is 10.6. The van der Waals surface area contributed by atoms with Crippen LogP contribution in [-0.2, 0) is 4.79 Å². The molecular formula is C14H14N4O. The summed E-state index contributed by atoms with van der Waals surface area (Å²) in [5, 5.41) is 0. The largest absolute Gasteiger partial charge is 0.306 e. The van der Waals surface area contributed by atoms with Gasteiger partial charge in [-0.25, -0.2) is 4.98 Å². The van der Waals surface area contributed by atoms with E-state index in [1.807, 2.05) is 42.0 Å². The second-order valence-corrected chi connectivity index (χ2v) is 4.52. The Bertz CT molecular complexity index is 626. The predicted octanol–water partition coefficient (Wildman–Crippen LogP) is 1.63. The summed E-state index contributed by atoms with van der Waals surface area (Å²) in [6.07, 6.45) is 5.85. The van der Waals surface area contributed by atoms with Crippen molar-refractivity contribution in [3.05, 3.63) is 54.1 Å². The average molecular weight is 254 g/mol. The zero-order chi connectivity index (χ0) is 13.2. The molecule has 0 aliphatic carbocycles. The van der Waals surface area contributed by atoms with Crippen molar-refractivity contribution in [3.63, 3.8) is 0 Å². The molecule has 0 fully saturated rings. The Morgan fingerprint density at radius 2 is 2.00 bits per heavy atom. The molecule has 5 heteroatoms. The third-order valence-electron chi connectivity index (χ3n) is 3.14. The Labute approximate surface area is 110 Å². The molecular weight excluding hydrogens is 240 g/mol. The van der Waals surface area contributed by atoms with Crippen molar-refractivity contribution in [2.45, 2.75) is 13.3 Å². The van der Waals surface area contributed by atoms with Crippen LogP contribution in [0.1, 0.15) is 18.9 Å². The summed E-state index contributed by atoms with van der Waals surface area (Å²) in [6.45, 7) is 1.96. The van der Waals surface area contributed by atoms with Crippen LogP contribution in [0.15, 0.2) is 48.6 Å². The fourth-order valence-corrected chi connectivity index (χ4v) is 2.14. The van der Waals surface area contributed by atoms with Gasteiger partial charge in [0.25, 0.3) is 0 Å². The van der Waals surface area contributed by atoms with Crippen LogP contribution in [-0.4, -0.2) is 15.5 Å². The smallest absolute Gasteiger partial charge is 0.242 e. The number of hydrogen-bond donors (Lipinski definition) is 2. The molecule has 0 radical (unpaired) electrons. The number of hydrogen-bond acceptors (Lipinski definition) is 3. The Kier molecular flexibility index (Phi) is 2.79. The lowest BCUT2D eigenvalue weighted by molar-refractivity contribution is -0.121. The van der Waals surface area contributed by atoms with E-state index in [-0.39, 0.29) is 5.91 Å². The van der Waals surface area contributed by atoms with Gasteiger partial charge in [0, 0.05) is 18.1 Å². The summed E-state index contributed by atoms with van der Waals surface area (Å²) in [7, 11) is 0. The predicted molar refractivity (Wildman–Crippen MR) is 72.1 cm³/mol.